The molecule has 0 saturated carbocycles. The summed E-state index contributed by atoms with van der Waals surface area (Å²) in [6, 6.07) is 3.90. The van der Waals surface area contributed by atoms with Gasteiger partial charge in [-0.15, -0.1) is 0 Å². The SMILES string of the molecule is CCNCC(=O)Nc1ccc(N2CCCCC2)nc1. The van der Waals surface area contributed by atoms with Crippen molar-refractivity contribution in [2.45, 2.75) is 26.2 Å². The summed E-state index contributed by atoms with van der Waals surface area (Å²) in [5.41, 5.74) is 0.753. The van der Waals surface area contributed by atoms with E-state index < -0.39 is 0 Å². The second-order valence-electron chi connectivity index (χ2n) is 4.78. The molecule has 2 heterocycles. The first-order chi connectivity index (χ1) is 9.29. The van der Waals surface area contributed by atoms with E-state index in [1.807, 2.05) is 19.1 Å². The summed E-state index contributed by atoms with van der Waals surface area (Å²) in [5.74, 6) is 0.971. The number of hydrogen-bond acceptors (Lipinski definition) is 4. The van der Waals surface area contributed by atoms with Crippen LogP contribution in [-0.4, -0.2) is 37.1 Å². The molecule has 5 nitrogen and oxygen atoms in total. The lowest BCUT2D eigenvalue weighted by Gasteiger charge is -2.27. The predicted octanol–water partition coefficient (Wildman–Crippen LogP) is 1.62. The standard InChI is InChI=1S/C14H22N4O/c1-2-15-11-14(19)17-12-6-7-13(16-10-12)18-8-4-3-5-9-18/h6-7,10,15H,2-5,8-9,11H2,1H3,(H,17,19). The minimum absolute atomic E-state index is 0.0330. The van der Waals surface area contributed by atoms with E-state index in [4.69, 9.17) is 0 Å². The third-order valence-electron chi connectivity index (χ3n) is 3.25. The van der Waals surface area contributed by atoms with E-state index in [0.717, 1.165) is 31.1 Å². The summed E-state index contributed by atoms with van der Waals surface area (Å²) >= 11 is 0. The zero-order chi connectivity index (χ0) is 13.5. The molecular formula is C14H22N4O. The van der Waals surface area contributed by atoms with E-state index in [9.17, 15) is 4.79 Å². The largest absolute Gasteiger partial charge is 0.357 e. The highest BCUT2D eigenvalue weighted by Gasteiger charge is 2.11. The Labute approximate surface area is 114 Å². The number of nitrogens with one attached hydrogen (secondary N) is 2. The van der Waals surface area contributed by atoms with Crippen LogP contribution in [0.15, 0.2) is 18.3 Å². The van der Waals surface area contributed by atoms with Crippen LogP contribution < -0.4 is 15.5 Å². The van der Waals surface area contributed by atoms with Gasteiger partial charge in [-0.2, -0.15) is 0 Å². The predicted molar refractivity (Wildman–Crippen MR) is 77.5 cm³/mol. The lowest BCUT2D eigenvalue weighted by atomic mass is 10.1. The second-order valence-corrected chi connectivity index (χ2v) is 4.78. The van der Waals surface area contributed by atoms with Crippen LogP contribution in [0.4, 0.5) is 11.5 Å². The van der Waals surface area contributed by atoms with Gasteiger partial charge in [0, 0.05) is 13.1 Å². The monoisotopic (exact) mass is 262 g/mol. The van der Waals surface area contributed by atoms with E-state index in [2.05, 4.69) is 20.5 Å². The normalized spacial score (nSPS) is 15.3. The maximum atomic E-state index is 11.5. The van der Waals surface area contributed by atoms with Crippen LogP contribution in [0.2, 0.25) is 0 Å². The molecule has 1 saturated heterocycles. The van der Waals surface area contributed by atoms with E-state index >= 15 is 0 Å². The molecule has 104 valence electrons. The number of carbonyl (C=O) groups is 1. The zero-order valence-corrected chi connectivity index (χ0v) is 11.5. The van der Waals surface area contributed by atoms with Gasteiger partial charge < -0.3 is 15.5 Å². The first-order valence-corrected chi connectivity index (χ1v) is 7.01. The summed E-state index contributed by atoms with van der Waals surface area (Å²) in [6.07, 6.45) is 5.52. The fraction of sp³-hybridized carbons (Fsp3) is 0.571. The number of likely N-dealkylation sites (N-methyl/N-ethyl adjacent to an activating group) is 1. The van der Waals surface area contributed by atoms with Gasteiger partial charge in [0.15, 0.2) is 0 Å². The summed E-state index contributed by atoms with van der Waals surface area (Å²) in [5, 5.41) is 5.82. The number of anilines is 2. The van der Waals surface area contributed by atoms with Crippen molar-refractivity contribution in [1.29, 1.82) is 0 Å². The fourth-order valence-electron chi connectivity index (χ4n) is 2.21. The number of aromatic nitrogens is 1. The van der Waals surface area contributed by atoms with Gasteiger partial charge in [-0.25, -0.2) is 4.98 Å². The molecule has 1 aliphatic heterocycles. The number of hydrogen-bond donors (Lipinski definition) is 2. The van der Waals surface area contributed by atoms with Gasteiger partial charge in [-0.3, -0.25) is 4.79 Å². The van der Waals surface area contributed by atoms with Crippen LogP contribution in [0, 0.1) is 0 Å². The van der Waals surface area contributed by atoms with Crippen LogP contribution >= 0.6 is 0 Å². The van der Waals surface area contributed by atoms with Crippen LogP contribution in [0.1, 0.15) is 26.2 Å². The lowest BCUT2D eigenvalue weighted by molar-refractivity contribution is -0.115. The number of carbonyl (C=O) groups excluding carboxylic acids is 1. The number of nitrogens with zero attached hydrogens (tertiary/aromatic N) is 2. The highest BCUT2D eigenvalue weighted by atomic mass is 16.1. The quantitative estimate of drug-likeness (QED) is 0.846. The molecule has 1 aliphatic rings. The Hall–Kier alpha value is -1.62. The first-order valence-electron chi connectivity index (χ1n) is 7.01. The van der Waals surface area contributed by atoms with E-state index in [0.29, 0.717) is 6.54 Å². The van der Waals surface area contributed by atoms with Crippen molar-refractivity contribution in [3.8, 4) is 0 Å². The smallest absolute Gasteiger partial charge is 0.238 e. The maximum Gasteiger partial charge on any atom is 0.238 e. The molecule has 0 aromatic carbocycles. The topological polar surface area (TPSA) is 57.3 Å². The van der Waals surface area contributed by atoms with Gasteiger partial charge in [0.25, 0.3) is 0 Å². The Kier molecular flexibility index (Phi) is 5.15. The molecule has 0 atom stereocenters. The second kappa shape index (κ2) is 7.09. The van der Waals surface area contributed by atoms with Crippen molar-refractivity contribution in [2.75, 3.05) is 36.4 Å². The van der Waals surface area contributed by atoms with E-state index in [1.54, 1.807) is 6.20 Å². The average Bonchev–Trinajstić information content (AvgIpc) is 2.47. The number of pyridine rings is 1. The van der Waals surface area contributed by atoms with Crippen molar-refractivity contribution >= 4 is 17.4 Å². The molecule has 1 aromatic rings. The molecule has 2 rings (SSSR count). The van der Waals surface area contributed by atoms with Gasteiger partial charge in [0.05, 0.1) is 18.4 Å². The van der Waals surface area contributed by atoms with E-state index in [1.165, 1.54) is 19.3 Å². The highest BCUT2D eigenvalue weighted by Crippen LogP contribution is 2.18. The average molecular weight is 262 g/mol. The van der Waals surface area contributed by atoms with Crippen molar-refractivity contribution < 1.29 is 4.79 Å². The minimum Gasteiger partial charge on any atom is -0.357 e. The minimum atomic E-state index is -0.0330. The number of piperidine rings is 1. The summed E-state index contributed by atoms with van der Waals surface area (Å²) in [7, 11) is 0. The van der Waals surface area contributed by atoms with Crippen molar-refractivity contribution in [3.63, 3.8) is 0 Å². The maximum absolute atomic E-state index is 11.5. The van der Waals surface area contributed by atoms with Crippen LogP contribution in [-0.2, 0) is 4.79 Å². The first kappa shape index (κ1) is 13.8. The van der Waals surface area contributed by atoms with E-state index in [-0.39, 0.29) is 5.91 Å². The van der Waals surface area contributed by atoms with Gasteiger partial charge in [0.1, 0.15) is 5.82 Å². The molecule has 1 aromatic heterocycles. The molecule has 1 amide bonds. The summed E-state index contributed by atoms with van der Waals surface area (Å²) < 4.78 is 0. The molecule has 0 bridgehead atoms. The van der Waals surface area contributed by atoms with Crippen molar-refractivity contribution in [2.24, 2.45) is 0 Å². The van der Waals surface area contributed by atoms with Gasteiger partial charge in [0.2, 0.25) is 5.91 Å². The third-order valence-corrected chi connectivity index (χ3v) is 3.25. The molecule has 2 N–H and O–H groups in total. The molecule has 0 radical (unpaired) electrons. The highest BCUT2D eigenvalue weighted by molar-refractivity contribution is 5.92. The number of rotatable bonds is 5. The third kappa shape index (κ3) is 4.21. The Bertz CT molecular complexity index is 398. The Morgan fingerprint density at radius 2 is 2.11 bits per heavy atom. The van der Waals surface area contributed by atoms with Crippen molar-refractivity contribution in [3.05, 3.63) is 18.3 Å². The van der Waals surface area contributed by atoms with Gasteiger partial charge in [-0.1, -0.05) is 6.92 Å². The lowest BCUT2D eigenvalue weighted by Crippen LogP contribution is -2.30. The molecule has 0 aliphatic carbocycles. The molecule has 5 heteroatoms. The molecular weight excluding hydrogens is 240 g/mol. The molecule has 0 spiro atoms. The summed E-state index contributed by atoms with van der Waals surface area (Å²) in [4.78, 5) is 18.3. The molecule has 0 unspecified atom stereocenters. The number of amides is 1. The Morgan fingerprint density at radius 3 is 2.74 bits per heavy atom. The van der Waals surface area contributed by atoms with Gasteiger partial charge in [-0.05, 0) is 37.9 Å². The molecule has 1 fully saturated rings. The van der Waals surface area contributed by atoms with Gasteiger partial charge >= 0.3 is 0 Å². The molecule has 19 heavy (non-hydrogen) atoms. The van der Waals surface area contributed by atoms with Crippen LogP contribution in [0.5, 0.6) is 0 Å². The fourth-order valence-corrected chi connectivity index (χ4v) is 2.21. The Morgan fingerprint density at radius 1 is 1.32 bits per heavy atom. The zero-order valence-electron chi connectivity index (χ0n) is 11.5. The summed E-state index contributed by atoms with van der Waals surface area (Å²) in [6.45, 7) is 5.27. The van der Waals surface area contributed by atoms with Crippen molar-refractivity contribution in [1.82, 2.24) is 10.3 Å². The van der Waals surface area contributed by atoms with Crippen LogP contribution in [0.3, 0.4) is 0 Å². The van der Waals surface area contributed by atoms with Crippen LogP contribution in [0.25, 0.3) is 0 Å². The Balaban J connectivity index is 1.88.